The van der Waals surface area contributed by atoms with Crippen LogP contribution in [0.1, 0.15) is 386 Å². The molecule has 0 rings (SSSR count). The number of nitrogens with zero attached hydrogens (tertiary/aromatic N) is 1. The van der Waals surface area contributed by atoms with Crippen molar-refractivity contribution < 1.29 is 42.9 Å². The summed E-state index contributed by atoms with van der Waals surface area (Å²) in [4.78, 5) is 37.6. The minimum Gasteiger partial charge on any atom is -0.545 e. The van der Waals surface area contributed by atoms with Crippen LogP contribution in [-0.2, 0) is 33.3 Å². The number of unbranched alkanes of at least 4 members (excludes halogenated alkanes) is 46. The number of carboxylic acid groups (broad SMARTS) is 1. The minimum atomic E-state index is -1.63. The Hall–Kier alpha value is -3.79. The molecule has 0 aromatic rings. The monoisotopic (exact) mass is 1360 g/mol. The van der Waals surface area contributed by atoms with Gasteiger partial charge in [0.1, 0.15) is 13.2 Å². The molecule has 0 bridgehead atoms. The lowest BCUT2D eigenvalue weighted by Gasteiger charge is -2.26. The number of quaternary nitrogens is 1. The van der Waals surface area contributed by atoms with E-state index in [-0.39, 0.29) is 32.2 Å². The first-order valence-corrected chi connectivity index (χ1v) is 41.4. The van der Waals surface area contributed by atoms with E-state index in [2.05, 4.69) is 111 Å². The maximum atomic E-state index is 13.0. The summed E-state index contributed by atoms with van der Waals surface area (Å²) in [6.45, 7) is 4.69. The number of hydrogen-bond donors (Lipinski definition) is 0. The summed E-state index contributed by atoms with van der Waals surface area (Å²) >= 11 is 0. The fourth-order valence-electron chi connectivity index (χ4n) is 12.1. The minimum absolute atomic E-state index is 0.146. The van der Waals surface area contributed by atoms with E-state index in [1.807, 2.05) is 21.1 Å². The van der Waals surface area contributed by atoms with Crippen molar-refractivity contribution in [1.29, 1.82) is 0 Å². The van der Waals surface area contributed by atoms with Crippen molar-refractivity contribution in [2.24, 2.45) is 0 Å². The van der Waals surface area contributed by atoms with E-state index >= 15 is 0 Å². The van der Waals surface area contributed by atoms with Crippen LogP contribution in [-0.4, -0.2) is 82.3 Å². The highest BCUT2D eigenvalue weighted by atomic mass is 16.7. The van der Waals surface area contributed by atoms with Crippen LogP contribution in [0.3, 0.4) is 0 Å². The second-order valence-electron chi connectivity index (χ2n) is 29.0. The van der Waals surface area contributed by atoms with Crippen LogP contribution in [0, 0.1) is 0 Å². The summed E-state index contributed by atoms with van der Waals surface area (Å²) in [5.74, 6) is -2.27. The predicted octanol–water partition coefficient (Wildman–Crippen LogP) is 25.4. The van der Waals surface area contributed by atoms with E-state index in [9.17, 15) is 19.5 Å². The van der Waals surface area contributed by atoms with Gasteiger partial charge in [-0.05, 0) is 77.0 Å². The van der Waals surface area contributed by atoms with Gasteiger partial charge in [0.15, 0.2) is 12.4 Å². The third-order valence-electron chi connectivity index (χ3n) is 18.3. The number of rotatable bonds is 77. The molecule has 0 heterocycles. The lowest BCUT2D eigenvalue weighted by atomic mass is 10.0. The second kappa shape index (κ2) is 77.9. The third-order valence-corrected chi connectivity index (χ3v) is 18.3. The molecule has 9 heteroatoms. The van der Waals surface area contributed by atoms with Crippen molar-refractivity contribution in [1.82, 2.24) is 0 Å². The SMILES string of the molecule is CC/C=C\C/C=C\C/C=C\C/C=C\C/C=C\C/C=C\C/C=C\C/C=C\CCCCCCCCCCCCCCC(=O)OC(COC(=O)CCCCCCCCCCCCCCCCCCCCCCCCCCCCCCCCCCCCC)COC(OCC[N+](C)(C)C)C(=O)[O-]. The van der Waals surface area contributed by atoms with Gasteiger partial charge in [0.25, 0.3) is 0 Å². The zero-order valence-electron chi connectivity index (χ0n) is 64.4. The predicted molar refractivity (Wildman–Crippen MR) is 417 cm³/mol. The van der Waals surface area contributed by atoms with Gasteiger partial charge in [-0.3, -0.25) is 9.59 Å². The molecule has 97 heavy (non-hydrogen) atoms. The van der Waals surface area contributed by atoms with Crippen LogP contribution in [0.4, 0.5) is 0 Å². The van der Waals surface area contributed by atoms with Crippen LogP contribution in [0.15, 0.2) is 97.2 Å². The number of carbonyl (C=O) groups is 3. The van der Waals surface area contributed by atoms with Crippen molar-refractivity contribution in [2.45, 2.75) is 399 Å². The fourth-order valence-corrected chi connectivity index (χ4v) is 12.1. The van der Waals surface area contributed by atoms with Gasteiger partial charge in [-0.25, -0.2) is 0 Å². The quantitative estimate of drug-likeness (QED) is 0.0195. The van der Waals surface area contributed by atoms with Gasteiger partial charge < -0.3 is 33.3 Å². The molecule has 0 spiro atoms. The molecule has 562 valence electrons. The Kier molecular flexibility index (Phi) is 74.9. The summed E-state index contributed by atoms with van der Waals surface area (Å²) in [6, 6.07) is 0. The first-order chi connectivity index (χ1) is 47.6. The van der Waals surface area contributed by atoms with E-state index in [1.54, 1.807) is 0 Å². The molecule has 0 saturated heterocycles. The smallest absolute Gasteiger partial charge is 0.306 e. The molecule has 0 aliphatic rings. The van der Waals surface area contributed by atoms with E-state index < -0.39 is 24.3 Å². The molecule has 2 unspecified atom stereocenters. The molecule has 0 aliphatic heterocycles. The summed E-state index contributed by atoms with van der Waals surface area (Å²) in [7, 11) is 5.94. The average molecular weight is 1360 g/mol. The highest BCUT2D eigenvalue weighted by Gasteiger charge is 2.22. The molecule has 0 aromatic carbocycles. The first-order valence-electron chi connectivity index (χ1n) is 41.4. The Morgan fingerprint density at radius 2 is 0.588 bits per heavy atom. The van der Waals surface area contributed by atoms with Gasteiger partial charge in [0.05, 0.1) is 40.3 Å². The highest BCUT2D eigenvalue weighted by Crippen LogP contribution is 2.20. The Bertz CT molecular complexity index is 1920. The molecule has 2 atom stereocenters. The van der Waals surface area contributed by atoms with Gasteiger partial charge in [-0.15, -0.1) is 0 Å². The van der Waals surface area contributed by atoms with E-state index in [0.29, 0.717) is 23.9 Å². The summed E-state index contributed by atoms with van der Waals surface area (Å²) in [5.41, 5.74) is 0. The standard InChI is InChI=1S/C88H157NO8/c1-6-8-10-12-14-16-18-20-22-24-26-28-30-32-34-36-38-40-42-43-45-47-49-51-53-55-57-59-61-63-65-67-69-71-73-75-77-79-86(91)97-84(83-96-88(87(92)93)94-81-80-89(3,4)5)82-95-85(90)78-76-74-72-70-68-66-64-62-60-58-56-54-52-50-48-46-44-41-39-37-35-33-31-29-27-25-23-21-19-17-15-13-11-9-7-2/h8,10,14,16,20,22,26,28,32,34,38,40,43,45,49,51,84,88H,6-7,9,11-13,15,17-19,21,23-25,27,29-31,33,35-37,39,41-42,44,46-48,50,52-83H2,1-5H3/b10-8-,16-14-,22-20-,28-26-,34-32-,40-38-,45-43-,51-49-. The van der Waals surface area contributed by atoms with Crippen LogP contribution < -0.4 is 5.11 Å². The number of allylic oxidation sites excluding steroid dienone is 16. The van der Waals surface area contributed by atoms with Crippen molar-refractivity contribution >= 4 is 17.9 Å². The third kappa shape index (κ3) is 79.4. The Morgan fingerprint density at radius 1 is 0.320 bits per heavy atom. The number of ether oxygens (including phenoxy) is 4. The van der Waals surface area contributed by atoms with Crippen LogP contribution >= 0.6 is 0 Å². The molecule has 9 nitrogen and oxygen atoms in total. The number of aliphatic carboxylic acids is 1. The molecular formula is C88H157NO8. The summed E-state index contributed by atoms with van der Waals surface area (Å²) in [6.07, 6.45) is 105. The molecule has 0 N–H and O–H groups in total. The number of carboxylic acids is 1. The maximum absolute atomic E-state index is 13.0. The summed E-state index contributed by atoms with van der Waals surface area (Å²) in [5, 5.41) is 11.9. The molecule has 0 saturated carbocycles. The van der Waals surface area contributed by atoms with Gasteiger partial charge in [0, 0.05) is 12.8 Å². The van der Waals surface area contributed by atoms with Gasteiger partial charge in [0.2, 0.25) is 0 Å². The summed E-state index contributed by atoms with van der Waals surface area (Å²) < 4.78 is 22.9. The van der Waals surface area contributed by atoms with Gasteiger partial charge in [-0.1, -0.05) is 394 Å². The van der Waals surface area contributed by atoms with Crippen molar-refractivity contribution in [3.05, 3.63) is 97.2 Å². The van der Waals surface area contributed by atoms with Crippen molar-refractivity contribution in [3.63, 3.8) is 0 Å². The molecule has 0 fully saturated rings. The number of likely N-dealkylation sites (N-methyl/N-ethyl adjacent to an activating group) is 1. The maximum Gasteiger partial charge on any atom is 0.306 e. The number of carbonyl (C=O) groups excluding carboxylic acids is 3. The number of esters is 2. The van der Waals surface area contributed by atoms with E-state index in [0.717, 1.165) is 89.9 Å². The molecule has 0 radical (unpaired) electrons. The fraction of sp³-hybridized carbons (Fsp3) is 0.784. The van der Waals surface area contributed by atoms with Crippen LogP contribution in [0.5, 0.6) is 0 Å². The molecular weight excluding hydrogens is 1200 g/mol. The molecule has 0 aliphatic carbocycles. The van der Waals surface area contributed by atoms with E-state index in [4.69, 9.17) is 18.9 Å². The van der Waals surface area contributed by atoms with Crippen LogP contribution in [0.2, 0.25) is 0 Å². The topological polar surface area (TPSA) is 111 Å². The van der Waals surface area contributed by atoms with Crippen molar-refractivity contribution in [2.75, 3.05) is 47.5 Å². The lowest BCUT2D eigenvalue weighted by molar-refractivity contribution is -0.870. The van der Waals surface area contributed by atoms with Crippen molar-refractivity contribution in [3.8, 4) is 0 Å². The highest BCUT2D eigenvalue weighted by molar-refractivity contribution is 5.70. The Labute approximate surface area is 601 Å². The number of hydrogen-bond acceptors (Lipinski definition) is 8. The normalized spacial score (nSPS) is 13.1. The largest absolute Gasteiger partial charge is 0.545 e. The zero-order chi connectivity index (χ0) is 70.4. The lowest BCUT2D eigenvalue weighted by Crippen LogP contribution is -2.44. The Morgan fingerprint density at radius 3 is 0.876 bits per heavy atom. The van der Waals surface area contributed by atoms with Gasteiger partial charge >= 0.3 is 11.9 Å². The van der Waals surface area contributed by atoms with E-state index in [1.165, 1.54) is 263 Å². The first kappa shape index (κ1) is 93.2. The second-order valence-corrected chi connectivity index (χ2v) is 29.0. The average Bonchev–Trinajstić information content (AvgIpc) is 3.11. The molecule has 0 aromatic heterocycles. The van der Waals surface area contributed by atoms with Gasteiger partial charge in [-0.2, -0.15) is 0 Å². The molecule has 0 amide bonds. The van der Waals surface area contributed by atoms with Crippen LogP contribution in [0.25, 0.3) is 0 Å². The Balaban J connectivity index is 4.01. The zero-order valence-corrected chi connectivity index (χ0v) is 64.4.